The highest BCUT2D eigenvalue weighted by Gasteiger charge is 2.22. The zero-order valence-electron chi connectivity index (χ0n) is 12.2. The molecule has 20 heavy (non-hydrogen) atoms. The molecule has 0 aromatic carbocycles. The first-order valence-corrected chi connectivity index (χ1v) is 7.16. The topological polar surface area (TPSA) is 75.1 Å². The Hall–Kier alpha value is -1.69. The number of nitrogens with one attached hydrogen (secondary N) is 2. The van der Waals surface area contributed by atoms with Crippen LogP contribution in [-0.2, 0) is 5.41 Å². The van der Waals surface area contributed by atoms with Gasteiger partial charge in [-0.1, -0.05) is 20.8 Å². The van der Waals surface area contributed by atoms with Crippen molar-refractivity contribution in [1.29, 1.82) is 0 Å². The van der Waals surface area contributed by atoms with E-state index in [2.05, 4.69) is 41.2 Å². The van der Waals surface area contributed by atoms with Crippen molar-refractivity contribution in [3.05, 3.63) is 27.9 Å². The van der Waals surface area contributed by atoms with E-state index in [4.69, 9.17) is 0 Å². The molecule has 1 fully saturated rings. The molecule has 0 spiro atoms. The molecule has 6 heteroatoms. The van der Waals surface area contributed by atoms with Gasteiger partial charge in [0.1, 0.15) is 5.82 Å². The third-order valence-electron chi connectivity index (χ3n) is 3.82. The van der Waals surface area contributed by atoms with Gasteiger partial charge in [-0.2, -0.15) is 9.50 Å². The molecule has 0 saturated carbocycles. The Kier molecular flexibility index (Phi) is 3.12. The van der Waals surface area contributed by atoms with Crippen molar-refractivity contribution >= 4 is 5.78 Å². The Morgan fingerprint density at radius 1 is 1.25 bits per heavy atom. The van der Waals surface area contributed by atoms with Crippen LogP contribution in [0.4, 0.5) is 0 Å². The molecule has 0 aliphatic carbocycles. The lowest BCUT2D eigenvalue weighted by Crippen LogP contribution is -2.28. The van der Waals surface area contributed by atoms with Crippen LogP contribution in [0.3, 0.4) is 0 Å². The molecule has 1 aliphatic rings. The van der Waals surface area contributed by atoms with Crippen molar-refractivity contribution in [2.75, 3.05) is 13.1 Å². The zero-order chi connectivity index (χ0) is 14.3. The second-order valence-corrected chi connectivity index (χ2v) is 6.50. The van der Waals surface area contributed by atoms with Crippen LogP contribution >= 0.6 is 0 Å². The first kappa shape index (κ1) is 13.3. The molecule has 1 aliphatic heterocycles. The van der Waals surface area contributed by atoms with Crippen molar-refractivity contribution in [2.24, 2.45) is 0 Å². The van der Waals surface area contributed by atoms with Gasteiger partial charge in [0.25, 0.3) is 11.3 Å². The molecule has 0 amide bonds. The molecule has 1 saturated heterocycles. The van der Waals surface area contributed by atoms with Crippen molar-refractivity contribution in [2.45, 2.75) is 44.9 Å². The lowest BCUT2D eigenvalue weighted by Gasteiger charge is -2.21. The van der Waals surface area contributed by atoms with Crippen LogP contribution in [0.2, 0.25) is 0 Å². The Balaban J connectivity index is 2.06. The van der Waals surface area contributed by atoms with Crippen molar-refractivity contribution < 1.29 is 0 Å². The summed E-state index contributed by atoms with van der Waals surface area (Å²) in [5.41, 5.74) is 0.671. The summed E-state index contributed by atoms with van der Waals surface area (Å²) in [5, 5.41) is 6.38. The van der Waals surface area contributed by atoms with Crippen LogP contribution in [0.5, 0.6) is 0 Å². The SMILES string of the molecule is CC(C)(C)c1nc2nc(C3CCNCC3)cc(=O)n2[nH]1. The quantitative estimate of drug-likeness (QED) is 0.819. The minimum Gasteiger partial charge on any atom is -0.317 e. The van der Waals surface area contributed by atoms with Crippen LogP contribution < -0.4 is 10.9 Å². The normalized spacial score (nSPS) is 17.8. The molecule has 0 radical (unpaired) electrons. The van der Waals surface area contributed by atoms with Gasteiger partial charge in [-0.3, -0.25) is 9.89 Å². The molecular weight excluding hydrogens is 254 g/mol. The minimum absolute atomic E-state index is 0.0773. The number of aromatic amines is 1. The molecule has 2 aromatic heterocycles. The van der Waals surface area contributed by atoms with E-state index in [0.717, 1.165) is 37.4 Å². The standard InChI is InChI=1S/C14H21N5O/c1-14(2,3)12-17-13-16-10(8-11(20)19(13)18-12)9-4-6-15-7-5-9/h8-9,15H,4-7H2,1-3H3,(H,16,17,18). The maximum atomic E-state index is 12.2. The Morgan fingerprint density at radius 2 is 1.95 bits per heavy atom. The van der Waals surface area contributed by atoms with E-state index in [9.17, 15) is 4.79 Å². The van der Waals surface area contributed by atoms with Gasteiger partial charge in [0.2, 0.25) is 0 Å². The summed E-state index contributed by atoms with van der Waals surface area (Å²) in [4.78, 5) is 21.3. The summed E-state index contributed by atoms with van der Waals surface area (Å²) in [7, 11) is 0. The average molecular weight is 275 g/mol. The molecule has 3 heterocycles. The number of fused-ring (bicyclic) bond motifs is 1. The summed E-state index contributed by atoms with van der Waals surface area (Å²) in [6, 6.07) is 1.65. The van der Waals surface area contributed by atoms with E-state index >= 15 is 0 Å². The summed E-state index contributed by atoms with van der Waals surface area (Å²) in [5.74, 6) is 1.63. The molecule has 3 rings (SSSR count). The highest BCUT2D eigenvalue weighted by atomic mass is 16.1. The number of hydrogen-bond donors (Lipinski definition) is 2. The fraction of sp³-hybridized carbons (Fsp3) is 0.643. The molecular formula is C14H21N5O. The van der Waals surface area contributed by atoms with E-state index in [1.54, 1.807) is 6.07 Å². The van der Waals surface area contributed by atoms with Crippen LogP contribution in [0.25, 0.3) is 5.78 Å². The van der Waals surface area contributed by atoms with Gasteiger partial charge in [-0.05, 0) is 25.9 Å². The number of piperidine rings is 1. The number of hydrogen-bond acceptors (Lipinski definition) is 4. The second kappa shape index (κ2) is 4.70. The molecule has 6 nitrogen and oxygen atoms in total. The third-order valence-corrected chi connectivity index (χ3v) is 3.82. The number of rotatable bonds is 1. The Labute approximate surface area is 117 Å². The van der Waals surface area contributed by atoms with Gasteiger partial charge in [0.05, 0.1) is 5.69 Å². The largest absolute Gasteiger partial charge is 0.317 e. The fourth-order valence-corrected chi connectivity index (χ4v) is 2.56. The Morgan fingerprint density at radius 3 is 2.60 bits per heavy atom. The number of aromatic nitrogens is 4. The van der Waals surface area contributed by atoms with Gasteiger partial charge in [-0.15, -0.1) is 0 Å². The van der Waals surface area contributed by atoms with Gasteiger partial charge in [0.15, 0.2) is 0 Å². The number of H-pyrrole nitrogens is 1. The molecule has 2 N–H and O–H groups in total. The van der Waals surface area contributed by atoms with Gasteiger partial charge in [-0.25, -0.2) is 4.98 Å². The molecule has 0 bridgehead atoms. The highest BCUT2D eigenvalue weighted by molar-refractivity contribution is 5.30. The van der Waals surface area contributed by atoms with Crippen LogP contribution in [0.1, 0.15) is 51.0 Å². The van der Waals surface area contributed by atoms with E-state index in [-0.39, 0.29) is 11.0 Å². The molecule has 0 atom stereocenters. The maximum absolute atomic E-state index is 12.2. The highest BCUT2D eigenvalue weighted by Crippen LogP contribution is 2.23. The van der Waals surface area contributed by atoms with Crippen molar-refractivity contribution in [3.63, 3.8) is 0 Å². The molecule has 108 valence electrons. The lowest BCUT2D eigenvalue weighted by atomic mass is 9.94. The van der Waals surface area contributed by atoms with E-state index < -0.39 is 0 Å². The van der Waals surface area contributed by atoms with Crippen molar-refractivity contribution in [3.8, 4) is 0 Å². The smallest absolute Gasteiger partial charge is 0.274 e. The third kappa shape index (κ3) is 2.35. The van der Waals surface area contributed by atoms with Gasteiger partial charge < -0.3 is 5.32 Å². The monoisotopic (exact) mass is 275 g/mol. The summed E-state index contributed by atoms with van der Waals surface area (Å²) in [6.45, 7) is 8.15. The van der Waals surface area contributed by atoms with E-state index in [1.807, 2.05) is 0 Å². The van der Waals surface area contributed by atoms with Crippen molar-refractivity contribution in [1.82, 2.24) is 24.9 Å². The van der Waals surface area contributed by atoms with Gasteiger partial charge in [0, 0.05) is 17.4 Å². The second-order valence-electron chi connectivity index (χ2n) is 6.50. The first-order valence-electron chi connectivity index (χ1n) is 7.16. The zero-order valence-corrected chi connectivity index (χ0v) is 12.2. The predicted octanol–water partition coefficient (Wildman–Crippen LogP) is 1.18. The predicted molar refractivity (Wildman–Crippen MR) is 77.2 cm³/mol. The fourth-order valence-electron chi connectivity index (χ4n) is 2.56. The van der Waals surface area contributed by atoms with Crippen LogP contribution in [-0.4, -0.2) is 32.7 Å². The molecule has 2 aromatic rings. The lowest BCUT2D eigenvalue weighted by molar-refractivity contribution is 0.453. The minimum atomic E-state index is -0.130. The maximum Gasteiger partial charge on any atom is 0.274 e. The summed E-state index contributed by atoms with van der Waals surface area (Å²) in [6.07, 6.45) is 2.05. The van der Waals surface area contributed by atoms with Gasteiger partial charge >= 0.3 is 0 Å². The molecule has 0 unspecified atom stereocenters. The van der Waals surface area contributed by atoms with E-state index in [1.165, 1.54) is 4.52 Å². The Bertz CT molecular complexity index is 673. The van der Waals surface area contributed by atoms with Crippen LogP contribution in [0.15, 0.2) is 10.9 Å². The average Bonchev–Trinajstić information content (AvgIpc) is 2.84. The van der Waals surface area contributed by atoms with Crippen LogP contribution in [0, 0.1) is 0 Å². The number of nitrogens with zero attached hydrogens (tertiary/aromatic N) is 3. The van der Waals surface area contributed by atoms with E-state index in [0.29, 0.717) is 11.7 Å². The summed E-state index contributed by atoms with van der Waals surface area (Å²) >= 11 is 0. The summed E-state index contributed by atoms with van der Waals surface area (Å²) < 4.78 is 1.44. The first-order chi connectivity index (χ1) is 9.45.